The number of rotatable bonds is 13. The SMILES string of the molecule is CC(C)[Si](OC[C@H]1O[C@@H](n2cnc3c(N)[n+]([B]C#N)cnc32)C[C@@H]1O[Si](C(C)C)(C(C)C)C(C)C)(C(C)C)C(C)C. The second kappa shape index (κ2) is 13.2. The lowest BCUT2D eigenvalue weighted by atomic mass is 9.98. The fourth-order valence-corrected chi connectivity index (χ4v) is 18.9. The van der Waals surface area contributed by atoms with Gasteiger partial charge in [-0.2, -0.15) is 0 Å². The topological polar surface area (TPSA) is 112 Å². The van der Waals surface area contributed by atoms with E-state index < -0.39 is 16.6 Å². The number of aromatic nitrogens is 4. The monoisotopic (exact) mass is 600 g/mol. The van der Waals surface area contributed by atoms with Gasteiger partial charge in [0.15, 0.2) is 13.8 Å². The minimum Gasteiger partial charge on any atom is -0.413 e. The zero-order chi connectivity index (χ0) is 30.9. The van der Waals surface area contributed by atoms with Crippen LogP contribution in [-0.4, -0.2) is 57.4 Å². The highest BCUT2D eigenvalue weighted by Crippen LogP contribution is 2.47. The summed E-state index contributed by atoms with van der Waals surface area (Å²) in [6.45, 7) is 28.3. The van der Waals surface area contributed by atoms with Gasteiger partial charge in [-0.15, -0.1) is 0 Å². The Hall–Kier alpha value is -1.78. The van der Waals surface area contributed by atoms with E-state index in [1.54, 1.807) is 12.7 Å². The molecule has 9 nitrogen and oxygen atoms in total. The molecule has 1 radical (unpaired) electrons. The van der Waals surface area contributed by atoms with E-state index in [9.17, 15) is 0 Å². The number of ether oxygens (including phenoxy) is 1. The maximum absolute atomic E-state index is 9.10. The largest absolute Gasteiger partial charge is 0.485 e. The molecule has 1 saturated heterocycles. The van der Waals surface area contributed by atoms with Gasteiger partial charge >= 0.3 is 7.41 Å². The van der Waals surface area contributed by atoms with Crippen LogP contribution >= 0.6 is 0 Å². The van der Waals surface area contributed by atoms with Gasteiger partial charge in [0.05, 0.1) is 18.7 Å². The number of imidazole rings is 1. The molecule has 3 heterocycles. The summed E-state index contributed by atoms with van der Waals surface area (Å²) in [7, 11) is -2.99. The van der Waals surface area contributed by atoms with Crippen LogP contribution in [0.1, 0.15) is 95.7 Å². The third-order valence-corrected chi connectivity index (χ3v) is 21.8. The Morgan fingerprint density at radius 2 is 1.51 bits per heavy atom. The van der Waals surface area contributed by atoms with Gasteiger partial charge in [-0.25, -0.2) is 10.2 Å². The van der Waals surface area contributed by atoms with E-state index in [0.29, 0.717) is 63.3 Å². The number of hydrogen-bond acceptors (Lipinski definition) is 7. The minimum absolute atomic E-state index is 0.104. The second-order valence-electron chi connectivity index (χ2n) is 13.6. The molecule has 2 N–H and O–H groups in total. The summed E-state index contributed by atoms with van der Waals surface area (Å²) in [4.78, 5) is 9.15. The number of nitrogens with two attached hydrogens (primary N) is 1. The zero-order valence-electron chi connectivity index (χ0n) is 27.4. The fraction of sp³-hybridized carbons (Fsp3) is 0.793. The molecule has 1 aliphatic rings. The fourth-order valence-electron chi connectivity index (χ4n) is 7.88. The molecule has 0 aliphatic carbocycles. The maximum Gasteiger partial charge on any atom is 0.485 e. The van der Waals surface area contributed by atoms with Crippen LogP contribution in [0.4, 0.5) is 5.82 Å². The van der Waals surface area contributed by atoms with E-state index in [2.05, 4.69) is 93.1 Å². The molecule has 3 rings (SSSR count). The number of nitriles is 1. The van der Waals surface area contributed by atoms with Crippen LogP contribution in [0.5, 0.6) is 0 Å². The molecule has 2 aromatic heterocycles. The highest BCUT2D eigenvalue weighted by molar-refractivity contribution is 6.78. The van der Waals surface area contributed by atoms with E-state index >= 15 is 0 Å². The Balaban J connectivity index is 2.03. The summed E-state index contributed by atoms with van der Waals surface area (Å²) in [5.41, 5.74) is 10.3. The first kappa shape index (κ1) is 33.7. The predicted octanol–water partition coefficient (Wildman–Crippen LogP) is 6.29. The van der Waals surface area contributed by atoms with Gasteiger partial charge in [-0.3, -0.25) is 9.05 Å². The van der Waals surface area contributed by atoms with Crippen molar-refractivity contribution in [3.63, 3.8) is 0 Å². The van der Waals surface area contributed by atoms with Gasteiger partial charge in [0.2, 0.25) is 26.1 Å². The van der Waals surface area contributed by atoms with E-state index in [1.165, 1.54) is 11.9 Å². The molecule has 3 atom stereocenters. The smallest absolute Gasteiger partial charge is 0.413 e. The molecule has 0 amide bonds. The van der Waals surface area contributed by atoms with Crippen molar-refractivity contribution in [3.8, 4) is 5.97 Å². The molecule has 1 aliphatic heterocycles. The third kappa shape index (κ3) is 6.16. The normalized spacial score (nSPS) is 20.5. The van der Waals surface area contributed by atoms with Crippen LogP contribution < -0.4 is 10.2 Å². The van der Waals surface area contributed by atoms with E-state index in [0.717, 1.165) is 0 Å². The van der Waals surface area contributed by atoms with Crippen molar-refractivity contribution < 1.29 is 18.1 Å². The molecule has 0 bridgehead atoms. The molecular weight excluding hydrogens is 547 g/mol. The molecule has 2 aromatic rings. The van der Waals surface area contributed by atoms with Gasteiger partial charge in [0.1, 0.15) is 18.7 Å². The average Bonchev–Trinajstić information content (AvgIpc) is 3.47. The number of nitrogen functional groups attached to an aromatic ring is 1. The van der Waals surface area contributed by atoms with Crippen LogP contribution in [0.3, 0.4) is 0 Å². The Kier molecular flexibility index (Phi) is 10.9. The van der Waals surface area contributed by atoms with Crippen molar-refractivity contribution in [2.75, 3.05) is 12.3 Å². The lowest BCUT2D eigenvalue weighted by Gasteiger charge is -2.45. The van der Waals surface area contributed by atoms with E-state index in [4.69, 9.17) is 24.6 Å². The summed E-state index contributed by atoms with van der Waals surface area (Å²) in [5, 5.41) is 9.10. The van der Waals surface area contributed by atoms with Crippen molar-refractivity contribution in [1.29, 1.82) is 5.26 Å². The molecule has 0 spiro atoms. The van der Waals surface area contributed by atoms with Crippen molar-refractivity contribution in [2.45, 2.75) is 141 Å². The van der Waals surface area contributed by atoms with Crippen LogP contribution in [0.2, 0.25) is 33.2 Å². The Morgan fingerprint density at radius 3 is 2.00 bits per heavy atom. The first-order valence-corrected chi connectivity index (χ1v) is 19.6. The van der Waals surface area contributed by atoms with Gasteiger partial charge in [-0.1, -0.05) is 88.1 Å². The molecule has 0 aromatic carbocycles. The van der Waals surface area contributed by atoms with Gasteiger partial charge < -0.3 is 19.3 Å². The molecule has 1 fully saturated rings. The van der Waals surface area contributed by atoms with Gasteiger partial charge in [0.25, 0.3) is 0 Å². The highest BCUT2D eigenvalue weighted by atomic mass is 28.4. The molecule has 227 valence electrons. The first-order chi connectivity index (χ1) is 19.1. The van der Waals surface area contributed by atoms with Crippen LogP contribution in [-0.2, 0) is 13.6 Å². The number of anilines is 1. The number of hydrogen-bond donors (Lipinski definition) is 1. The summed E-state index contributed by atoms with van der Waals surface area (Å²) in [6.07, 6.45) is 3.34. The molecule has 0 saturated carbocycles. The standard InChI is InChI=1S/C29H53BN6O3Si2/c1-18(2)40(19(3)4,20(5)6)37-14-25-24(39-41(21(7)8,22(9)10)23(11)12)13-26(38-25)35-16-33-27-28(32)36(30-15-31)17-34-29(27)35/h16-26H,13-14H2,1-12H3,(H2,32,34)/q+1/t24-,25+,26+/m0/s1. The zero-order valence-corrected chi connectivity index (χ0v) is 29.4. The number of nitrogens with zero attached hydrogens (tertiary/aromatic N) is 5. The van der Waals surface area contributed by atoms with Crippen LogP contribution in [0.15, 0.2) is 12.7 Å². The van der Waals surface area contributed by atoms with Crippen LogP contribution in [0.25, 0.3) is 11.2 Å². The maximum atomic E-state index is 9.10. The third-order valence-electron chi connectivity index (χ3n) is 9.55. The van der Waals surface area contributed by atoms with Crippen molar-refractivity contribution >= 4 is 41.0 Å². The van der Waals surface area contributed by atoms with Crippen molar-refractivity contribution in [2.24, 2.45) is 0 Å². The average molecular weight is 601 g/mol. The summed E-state index contributed by atoms with van der Waals surface area (Å²) < 4.78 is 24.8. The Morgan fingerprint density at radius 1 is 0.976 bits per heavy atom. The molecule has 0 unspecified atom stereocenters. The summed E-state index contributed by atoms with van der Waals surface area (Å²) in [5.74, 6) is 2.37. The predicted molar refractivity (Wildman–Crippen MR) is 170 cm³/mol. The summed E-state index contributed by atoms with van der Waals surface area (Å²) >= 11 is 0. The number of fused-ring (bicyclic) bond motifs is 1. The quantitative estimate of drug-likeness (QED) is 0.269. The summed E-state index contributed by atoms with van der Waals surface area (Å²) in [6, 6.07) is 0. The first-order valence-electron chi connectivity index (χ1n) is 15.4. The van der Waals surface area contributed by atoms with Crippen LogP contribution in [0, 0.1) is 11.2 Å². The van der Waals surface area contributed by atoms with Crippen molar-refractivity contribution in [1.82, 2.24) is 14.5 Å². The Labute approximate surface area is 250 Å². The highest BCUT2D eigenvalue weighted by Gasteiger charge is 2.52. The lowest BCUT2D eigenvalue weighted by Crippen LogP contribution is -2.53. The molecule has 41 heavy (non-hydrogen) atoms. The van der Waals surface area contributed by atoms with E-state index in [-0.39, 0.29) is 18.4 Å². The van der Waals surface area contributed by atoms with Gasteiger partial charge in [0, 0.05) is 6.42 Å². The van der Waals surface area contributed by atoms with Crippen molar-refractivity contribution in [3.05, 3.63) is 12.7 Å². The second-order valence-corrected chi connectivity index (χ2v) is 24.5. The Bertz CT molecular complexity index is 1170. The van der Waals surface area contributed by atoms with Gasteiger partial charge in [-0.05, 0) is 33.2 Å². The van der Waals surface area contributed by atoms with E-state index in [1.807, 2.05) is 10.5 Å². The molecule has 12 heteroatoms. The minimum atomic E-state index is -2.19. The molecular formula is C29H53BN6O3Si2+. The lowest BCUT2D eigenvalue weighted by molar-refractivity contribution is -0.513.